The maximum absolute atomic E-state index is 4.08. The van der Waals surface area contributed by atoms with E-state index in [1.54, 1.807) is 0 Å². The van der Waals surface area contributed by atoms with Gasteiger partial charge in [-0.1, -0.05) is 115 Å². The van der Waals surface area contributed by atoms with E-state index in [0.29, 0.717) is 17.5 Å². The van der Waals surface area contributed by atoms with Gasteiger partial charge in [0.2, 0.25) is 0 Å². The quantitative estimate of drug-likeness (QED) is 0.352. The molecule has 3 aromatic rings. The highest BCUT2D eigenvalue weighted by Crippen LogP contribution is 2.48. The fourth-order valence-electron chi connectivity index (χ4n) is 3.58. The Hall–Kier alpha value is -1.94. The Morgan fingerprint density at radius 3 is 1.39 bits per heavy atom. The summed E-state index contributed by atoms with van der Waals surface area (Å²) in [5.41, 5.74) is 5.41. The van der Waals surface area contributed by atoms with Crippen molar-refractivity contribution in [3.63, 3.8) is 0 Å². The predicted molar refractivity (Wildman–Crippen MR) is 145 cm³/mol. The molecule has 0 aromatic heterocycles. The van der Waals surface area contributed by atoms with Crippen molar-refractivity contribution in [2.45, 2.75) is 52.4 Å². The van der Waals surface area contributed by atoms with Crippen LogP contribution in [0.15, 0.2) is 79.4 Å². The van der Waals surface area contributed by atoms with Crippen LogP contribution in [0.2, 0.25) is 0 Å². The third kappa shape index (κ3) is 6.06. The second-order valence-corrected chi connectivity index (χ2v) is 12.9. The van der Waals surface area contributed by atoms with Crippen molar-refractivity contribution in [2.75, 3.05) is 4.44 Å². The second-order valence-electron chi connectivity index (χ2n) is 9.96. The van der Waals surface area contributed by atoms with Gasteiger partial charge in [-0.25, -0.2) is 0 Å². The van der Waals surface area contributed by atoms with Gasteiger partial charge in [-0.2, -0.15) is 0 Å². The minimum absolute atomic E-state index is 0.0228. The fraction of sp³-hybridized carbons (Fsp3) is 0.286. The molecule has 0 spiro atoms. The highest BCUT2D eigenvalue weighted by molar-refractivity contribution is 7.67. The largest absolute Gasteiger partial charge is 0.326 e. The summed E-state index contributed by atoms with van der Waals surface area (Å²) in [6.45, 7) is 18.0. The van der Waals surface area contributed by atoms with E-state index < -0.39 is 0 Å². The molecule has 0 bridgehead atoms. The second kappa shape index (κ2) is 9.68. The summed E-state index contributed by atoms with van der Waals surface area (Å²) >= 11 is 0. The average Bonchev–Trinajstić information content (AvgIpc) is 2.72. The van der Waals surface area contributed by atoms with E-state index in [0.717, 1.165) is 0 Å². The molecule has 0 radical (unpaired) electrons. The number of benzene rings is 3. The van der Waals surface area contributed by atoms with E-state index in [9.17, 15) is 0 Å². The lowest BCUT2D eigenvalue weighted by Crippen LogP contribution is -2.24. The first-order valence-corrected chi connectivity index (χ1v) is 12.7. The standard InChI is InChI=1S/C28H35NP2/c1-8-21-19-24(27(2,3)4)26(25(20-21)28(5,6)7)29(30-22-15-11-9-12-16-22)31-23-17-13-10-14-18-23/h8-20,30-31H,1H2,2-7H3. The molecule has 0 amide bonds. The van der Waals surface area contributed by atoms with E-state index in [1.807, 2.05) is 6.08 Å². The summed E-state index contributed by atoms with van der Waals surface area (Å²) in [5.74, 6) is 0. The van der Waals surface area contributed by atoms with Crippen LogP contribution in [0.4, 0.5) is 5.69 Å². The van der Waals surface area contributed by atoms with Crippen LogP contribution in [0.5, 0.6) is 0 Å². The van der Waals surface area contributed by atoms with Crippen LogP contribution in [0, 0.1) is 0 Å². The van der Waals surface area contributed by atoms with Gasteiger partial charge in [0.25, 0.3) is 0 Å². The monoisotopic (exact) mass is 447 g/mol. The van der Waals surface area contributed by atoms with Crippen molar-refractivity contribution in [3.05, 3.63) is 96.1 Å². The van der Waals surface area contributed by atoms with Crippen molar-refractivity contribution in [3.8, 4) is 0 Å². The molecule has 0 fully saturated rings. The number of hydrogen-bond donors (Lipinski definition) is 0. The molecule has 0 saturated carbocycles. The molecule has 0 saturated heterocycles. The van der Waals surface area contributed by atoms with E-state index in [2.05, 4.69) is 125 Å². The summed E-state index contributed by atoms with van der Waals surface area (Å²) < 4.78 is 2.62. The molecule has 0 aliphatic carbocycles. The zero-order chi connectivity index (χ0) is 22.6. The van der Waals surface area contributed by atoms with Gasteiger partial charge in [-0.15, -0.1) is 0 Å². The third-order valence-electron chi connectivity index (χ3n) is 5.24. The van der Waals surface area contributed by atoms with Crippen molar-refractivity contribution in [2.24, 2.45) is 0 Å². The first-order valence-electron chi connectivity index (χ1n) is 10.8. The van der Waals surface area contributed by atoms with Gasteiger partial charge < -0.3 is 4.44 Å². The molecule has 3 rings (SSSR count). The lowest BCUT2D eigenvalue weighted by Gasteiger charge is -2.37. The van der Waals surface area contributed by atoms with Gasteiger partial charge in [0, 0.05) is 17.5 Å². The molecular weight excluding hydrogens is 412 g/mol. The highest BCUT2D eigenvalue weighted by atomic mass is 31.1. The Balaban J connectivity index is 2.26. The fourth-order valence-corrected chi connectivity index (χ4v) is 6.49. The number of anilines is 1. The zero-order valence-corrected chi connectivity index (χ0v) is 21.7. The van der Waals surface area contributed by atoms with Gasteiger partial charge in [-0.3, -0.25) is 0 Å². The Bertz CT molecular complexity index is 936. The Morgan fingerprint density at radius 1 is 0.677 bits per heavy atom. The minimum Gasteiger partial charge on any atom is -0.326 e. The molecule has 0 N–H and O–H groups in total. The topological polar surface area (TPSA) is 3.24 Å². The van der Waals surface area contributed by atoms with Gasteiger partial charge in [0.1, 0.15) is 0 Å². The summed E-state index contributed by atoms with van der Waals surface area (Å²) in [6.07, 6.45) is 1.98. The Kier molecular flexibility index (Phi) is 7.41. The molecule has 1 nitrogen and oxygen atoms in total. The lowest BCUT2D eigenvalue weighted by molar-refractivity contribution is 0.571. The number of nitrogens with zero attached hydrogens (tertiary/aromatic N) is 1. The molecule has 0 heterocycles. The Labute approximate surface area is 192 Å². The maximum atomic E-state index is 4.08. The normalized spacial score (nSPS) is 12.7. The average molecular weight is 448 g/mol. The van der Waals surface area contributed by atoms with Crippen molar-refractivity contribution in [1.82, 2.24) is 0 Å². The number of rotatable bonds is 6. The van der Waals surface area contributed by atoms with Gasteiger partial charge >= 0.3 is 0 Å². The molecule has 162 valence electrons. The van der Waals surface area contributed by atoms with Crippen LogP contribution < -0.4 is 15.1 Å². The van der Waals surface area contributed by atoms with E-state index in [-0.39, 0.29) is 10.8 Å². The molecule has 3 aromatic carbocycles. The SMILES string of the molecule is C=Cc1cc(C(C)(C)C)c(N(Pc2ccccc2)Pc2ccccc2)c(C(C)(C)C)c1. The van der Waals surface area contributed by atoms with Crippen LogP contribution in [-0.2, 0) is 10.8 Å². The maximum Gasteiger partial charge on any atom is 0.0510 e. The molecule has 2 unspecified atom stereocenters. The van der Waals surface area contributed by atoms with Crippen LogP contribution in [0.25, 0.3) is 6.08 Å². The first kappa shape index (κ1) is 23.7. The van der Waals surface area contributed by atoms with Gasteiger partial charge in [0.05, 0.1) is 5.69 Å². The molecular formula is C28H35NP2. The lowest BCUT2D eigenvalue weighted by atomic mass is 9.78. The third-order valence-corrected chi connectivity index (χ3v) is 7.99. The molecule has 0 aliphatic heterocycles. The predicted octanol–water partition coefficient (Wildman–Crippen LogP) is 7.57. The summed E-state index contributed by atoms with van der Waals surface area (Å²) in [7, 11) is 1.13. The zero-order valence-electron chi connectivity index (χ0n) is 19.7. The number of hydrogen-bond acceptors (Lipinski definition) is 1. The van der Waals surface area contributed by atoms with Crippen LogP contribution >= 0.6 is 17.5 Å². The van der Waals surface area contributed by atoms with Crippen molar-refractivity contribution in [1.29, 1.82) is 0 Å². The summed E-state index contributed by atoms with van der Waals surface area (Å²) in [6, 6.07) is 26.4. The van der Waals surface area contributed by atoms with Crippen molar-refractivity contribution >= 4 is 39.8 Å². The molecule has 3 heteroatoms. The summed E-state index contributed by atoms with van der Waals surface area (Å²) in [4.78, 5) is 0. The smallest absolute Gasteiger partial charge is 0.0510 e. The Morgan fingerprint density at radius 2 is 1.06 bits per heavy atom. The molecule has 31 heavy (non-hydrogen) atoms. The van der Waals surface area contributed by atoms with Crippen LogP contribution in [0.3, 0.4) is 0 Å². The minimum atomic E-state index is 0.0228. The van der Waals surface area contributed by atoms with E-state index in [1.165, 1.54) is 33.0 Å². The van der Waals surface area contributed by atoms with E-state index in [4.69, 9.17) is 0 Å². The van der Waals surface area contributed by atoms with Crippen molar-refractivity contribution < 1.29 is 0 Å². The van der Waals surface area contributed by atoms with Gasteiger partial charge in [-0.05, 0) is 50.3 Å². The molecule has 2 atom stereocenters. The van der Waals surface area contributed by atoms with Gasteiger partial charge in [0.15, 0.2) is 0 Å². The van der Waals surface area contributed by atoms with E-state index >= 15 is 0 Å². The molecule has 0 aliphatic rings. The summed E-state index contributed by atoms with van der Waals surface area (Å²) in [5, 5.41) is 2.72. The van der Waals surface area contributed by atoms with Crippen LogP contribution in [0.1, 0.15) is 58.2 Å². The highest BCUT2D eigenvalue weighted by Gasteiger charge is 2.29. The van der Waals surface area contributed by atoms with Crippen LogP contribution in [-0.4, -0.2) is 0 Å². The first-order chi connectivity index (χ1) is 14.6.